The molecule has 7 heteroatoms. The van der Waals surface area contributed by atoms with Crippen LogP contribution in [0.15, 0.2) is 53.9 Å². The van der Waals surface area contributed by atoms with E-state index in [1.807, 2.05) is 0 Å². The number of nitrogens with zero attached hydrogens (tertiary/aromatic N) is 1. The lowest BCUT2D eigenvalue weighted by molar-refractivity contribution is -0.137. The fourth-order valence-corrected chi connectivity index (χ4v) is 3.17. The normalized spacial score (nSPS) is 11.4. The summed E-state index contributed by atoms with van der Waals surface area (Å²) in [7, 11) is 0. The molecule has 1 heterocycles. The van der Waals surface area contributed by atoms with E-state index in [1.165, 1.54) is 23.5 Å². The number of rotatable bonds is 4. The van der Waals surface area contributed by atoms with Crippen LogP contribution in [0.4, 0.5) is 13.2 Å². The second-order valence-corrected chi connectivity index (χ2v) is 6.27. The van der Waals surface area contributed by atoms with E-state index in [0.29, 0.717) is 23.4 Å². The van der Waals surface area contributed by atoms with Crippen molar-refractivity contribution in [2.45, 2.75) is 13.1 Å². The lowest BCUT2D eigenvalue weighted by atomic mass is 10.1. The molecule has 0 fully saturated rings. The molecule has 134 valence electrons. The van der Waals surface area contributed by atoms with E-state index < -0.39 is 11.7 Å². The van der Waals surface area contributed by atoms with E-state index in [-0.39, 0.29) is 5.97 Å². The number of alkyl halides is 3. The SMILES string of the molecule is CCOC(=O)c1ccc(-c2nc(-c3ccc(C(F)(F)F)cc3)cs2)cc1. The zero-order chi connectivity index (χ0) is 18.7. The van der Waals surface area contributed by atoms with E-state index in [0.717, 1.165) is 22.7 Å². The lowest BCUT2D eigenvalue weighted by Gasteiger charge is -2.06. The minimum Gasteiger partial charge on any atom is -0.462 e. The first-order valence-electron chi connectivity index (χ1n) is 7.79. The fraction of sp³-hybridized carbons (Fsp3) is 0.158. The molecular weight excluding hydrogens is 363 g/mol. The Morgan fingerprint density at radius 3 is 2.23 bits per heavy atom. The van der Waals surface area contributed by atoms with Gasteiger partial charge in [-0.1, -0.05) is 24.3 Å². The van der Waals surface area contributed by atoms with Gasteiger partial charge in [0, 0.05) is 16.5 Å². The van der Waals surface area contributed by atoms with Gasteiger partial charge < -0.3 is 4.74 Å². The van der Waals surface area contributed by atoms with Crippen LogP contribution in [0.25, 0.3) is 21.8 Å². The second kappa shape index (κ2) is 7.29. The number of carbonyl (C=O) groups excluding carboxylic acids is 1. The van der Waals surface area contributed by atoms with Crippen molar-refractivity contribution in [2.75, 3.05) is 6.61 Å². The highest BCUT2D eigenvalue weighted by molar-refractivity contribution is 7.13. The van der Waals surface area contributed by atoms with Gasteiger partial charge in [0.25, 0.3) is 0 Å². The van der Waals surface area contributed by atoms with Gasteiger partial charge in [-0.3, -0.25) is 0 Å². The summed E-state index contributed by atoms with van der Waals surface area (Å²) in [6.45, 7) is 2.05. The van der Waals surface area contributed by atoms with Gasteiger partial charge in [0.05, 0.1) is 23.4 Å². The second-order valence-electron chi connectivity index (χ2n) is 5.41. The maximum absolute atomic E-state index is 12.6. The van der Waals surface area contributed by atoms with Gasteiger partial charge in [0.1, 0.15) is 5.01 Å². The van der Waals surface area contributed by atoms with Crippen molar-refractivity contribution < 1.29 is 22.7 Å². The molecule has 0 aliphatic heterocycles. The molecule has 2 aromatic carbocycles. The van der Waals surface area contributed by atoms with Gasteiger partial charge in [-0.15, -0.1) is 11.3 Å². The lowest BCUT2D eigenvalue weighted by Crippen LogP contribution is -2.04. The molecule has 0 aliphatic carbocycles. The fourth-order valence-electron chi connectivity index (χ4n) is 2.33. The van der Waals surface area contributed by atoms with Gasteiger partial charge in [-0.05, 0) is 31.2 Å². The van der Waals surface area contributed by atoms with E-state index in [9.17, 15) is 18.0 Å². The standard InChI is InChI=1S/C19H14F3NO2S/c1-2-25-18(24)14-5-3-13(4-6-14)17-23-16(11-26-17)12-7-9-15(10-8-12)19(20,21)22/h3-11H,2H2,1H3. The number of esters is 1. The number of hydrogen-bond donors (Lipinski definition) is 0. The molecule has 0 radical (unpaired) electrons. The first-order chi connectivity index (χ1) is 12.4. The molecule has 1 aromatic heterocycles. The quantitative estimate of drug-likeness (QED) is 0.550. The number of halogens is 3. The van der Waals surface area contributed by atoms with Gasteiger partial charge in [-0.25, -0.2) is 9.78 Å². The third-order valence-corrected chi connectivity index (χ3v) is 4.55. The first kappa shape index (κ1) is 18.1. The van der Waals surface area contributed by atoms with Crippen molar-refractivity contribution in [1.82, 2.24) is 4.98 Å². The molecule has 0 amide bonds. The molecule has 26 heavy (non-hydrogen) atoms. The maximum Gasteiger partial charge on any atom is 0.416 e. The summed E-state index contributed by atoms with van der Waals surface area (Å²) < 4.78 is 42.9. The highest BCUT2D eigenvalue weighted by atomic mass is 32.1. The molecule has 0 spiro atoms. The van der Waals surface area contributed by atoms with Crippen LogP contribution in [0.1, 0.15) is 22.8 Å². The molecule has 3 nitrogen and oxygen atoms in total. The molecule has 0 aliphatic rings. The van der Waals surface area contributed by atoms with E-state index in [4.69, 9.17) is 4.74 Å². The van der Waals surface area contributed by atoms with Gasteiger partial charge in [0.15, 0.2) is 0 Å². The Balaban J connectivity index is 1.80. The predicted molar refractivity (Wildman–Crippen MR) is 93.9 cm³/mol. The van der Waals surface area contributed by atoms with Crippen LogP contribution in [0, 0.1) is 0 Å². The number of carbonyl (C=O) groups is 1. The van der Waals surface area contributed by atoms with E-state index in [2.05, 4.69) is 4.98 Å². The van der Waals surface area contributed by atoms with E-state index >= 15 is 0 Å². The van der Waals surface area contributed by atoms with Crippen molar-refractivity contribution in [3.8, 4) is 21.8 Å². The molecule has 3 rings (SSSR count). The van der Waals surface area contributed by atoms with Gasteiger partial charge in [-0.2, -0.15) is 13.2 Å². The van der Waals surface area contributed by atoms with E-state index in [1.54, 1.807) is 36.6 Å². The van der Waals surface area contributed by atoms with Crippen LogP contribution < -0.4 is 0 Å². The van der Waals surface area contributed by atoms with Crippen molar-refractivity contribution in [1.29, 1.82) is 0 Å². The van der Waals surface area contributed by atoms with Crippen LogP contribution in [0.5, 0.6) is 0 Å². The third kappa shape index (κ3) is 3.94. The average molecular weight is 377 g/mol. The highest BCUT2D eigenvalue weighted by Gasteiger charge is 2.30. The smallest absolute Gasteiger partial charge is 0.416 e. The van der Waals surface area contributed by atoms with Crippen LogP contribution >= 0.6 is 11.3 Å². The summed E-state index contributed by atoms with van der Waals surface area (Å²) in [5.41, 5.74) is 1.81. The molecule has 0 N–H and O–H groups in total. The molecule has 0 atom stereocenters. The summed E-state index contributed by atoms with van der Waals surface area (Å²) in [5.74, 6) is -0.386. The minimum absolute atomic E-state index is 0.309. The summed E-state index contributed by atoms with van der Waals surface area (Å²) >= 11 is 1.38. The highest BCUT2D eigenvalue weighted by Crippen LogP contribution is 2.33. The number of aromatic nitrogens is 1. The van der Waals surface area contributed by atoms with Crippen LogP contribution in [-0.2, 0) is 10.9 Å². The Kier molecular flexibility index (Phi) is 5.08. The van der Waals surface area contributed by atoms with Crippen molar-refractivity contribution in [2.24, 2.45) is 0 Å². The molecule has 0 saturated heterocycles. The molecule has 0 unspecified atom stereocenters. The Hall–Kier alpha value is -2.67. The Labute approximate surface area is 152 Å². The predicted octanol–water partition coefficient (Wildman–Crippen LogP) is 5.67. The van der Waals surface area contributed by atoms with Gasteiger partial charge in [0.2, 0.25) is 0 Å². The Morgan fingerprint density at radius 2 is 1.65 bits per heavy atom. The van der Waals surface area contributed by atoms with Gasteiger partial charge >= 0.3 is 12.1 Å². The van der Waals surface area contributed by atoms with Crippen LogP contribution in [-0.4, -0.2) is 17.6 Å². The number of hydrogen-bond acceptors (Lipinski definition) is 4. The average Bonchev–Trinajstić information content (AvgIpc) is 3.11. The summed E-state index contributed by atoms with van der Waals surface area (Å²) in [6, 6.07) is 11.8. The van der Waals surface area contributed by atoms with Crippen molar-refractivity contribution in [3.05, 3.63) is 65.0 Å². The van der Waals surface area contributed by atoms with Crippen molar-refractivity contribution in [3.63, 3.8) is 0 Å². The monoisotopic (exact) mass is 377 g/mol. The molecular formula is C19H14F3NO2S. The summed E-state index contributed by atoms with van der Waals surface area (Å²) in [4.78, 5) is 16.1. The molecule has 0 bridgehead atoms. The molecule has 0 saturated carbocycles. The third-order valence-electron chi connectivity index (χ3n) is 3.66. The zero-order valence-corrected chi connectivity index (χ0v) is 14.5. The molecule has 3 aromatic rings. The summed E-state index contributed by atoms with van der Waals surface area (Å²) in [5, 5.41) is 2.51. The largest absolute Gasteiger partial charge is 0.462 e. The maximum atomic E-state index is 12.6. The topological polar surface area (TPSA) is 39.2 Å². The number of ether oxygens (including phenoxy) is 1. The van der Waals surface area contributed by atoms with Crippen LogP contribution in [0.2, 0.25) is 0 Å². The number of thiazole rings is 1. The Bertz CT molecular complexity index is 900. The van der Waals surface area contributed by atoms with Crippen LogP contribution in [0.3, 0.4) is 0 Å². The first-order valence-corrected chi connectivity index (χ1v) is 8.67. The van der Waals surface area contributed by atoms with Crippen molar-refractivity contribution >= 4 is 17.3 Å². The number of benzene rings is 2. The minimum atomic E-state index is -4.35. The Morgan fingerprint density at radius 1 is 1.04 bits per heavy atom. The zero-order valence-electron chi connectivity index (χ0n) is 13.7. The summed E-state index contributed by atoms with van der Waals surface area (Å²) in [6.07, 6.45) is -4.35.